The zero-order chi connectivity index (χ0) is 29.7. The summed E-state index contributed by atoms with van der Waals surface area (Å²) in [5, 5.41) is 29.9. The first-order valence-electron chi connectivity index (χ1n) is 11.6. The van der Waals surface area contributed by atoms with Gasteiger partial charge in [0.2, 0.25) is 0 Å². The minimum atomic E-state index is -1.37. The molecular weight excluding hydrogens is 598 g/mol. The van der Waals surface area contributed by atoms with Crippen molar-refractivity contribution >= 4 is 76.1 Å². The summed E-state index contributed by atoms with van der Waals surface area (Å²) in [6, 6.07) is -1.05. The molecule has 16 nitrogen and oxygen atoms in total. The number of hydrogen-bond acceptors (Lipinski definition) is 14. The number of carbonyl (C=O) groups excluding carboxylic acids is 2. The first-order chi connectivity index (χ1) is 19.4. The number of β-lactam (4-membered cyclic amide) rings is 1. The highest BCUT2D eigenvalue weighted by atomic mass is 32.2. The number of nitrogens with two attached hydrogens (primary N) is 1. The maximum Gasteiger partial charge on any atom is 0.375 e. The van der Waals surface area contributed by atoms with E-state index in [0.29, 0.717) is 17.0 Å². The van der Waals surface area contributed by atoms with Gasteiger partial charge in [-0.25, -0.2) is 19.6 Å². The van der Waals surface area contributed by atoms with E-state index in [4.69, 9.17) is 23.2 Å². The Balaban J connectivity index is 1.47. The van der Waals surface area contributed by atoms with E-state index in [1.807, 2.05) is 0 Å². The fourth-order valence-electron chi connectivity index (χ4n) is 4.45. The molecule has 41 heavy (non-hydrogen) atoms. The first kappa shape index (κ1) is 28.3. The van der Waals surface area contributed by atoms with E-state index >= 15 is 0 Å². The molecule has 2 aliphatic heterocycles. The van der Waals surface area contributed by atoms with E-state index < -0.39 is 46.2 Å². The molecule has 3 aromatic rings. The maximum absolute atomic E-state index is 13.3. The van der Waals surface area contributed by atoms with Gasteiger partial charge in [0.25, 0.3) is 23.4 Å². The number of nitrogens with one attached hydrogen (secondary N) is 1. The summed E-state index contributed by atoms with van der Waals surface area (Å²) in [5.74, 6) is -4.47. The van der Waals surface area contributed by atoms with Crippen LogP contribution in [0.4, 0.5) is 5.13 Å². The molecule has 5 N–H and O–H groups in total. The van der Waals surface area contributed by atoms with Crippen molar-refractivity contribution < 1.29 is 34.2 Å². The Morgan fingerprint density at radius 3 is 2.59 bits per heavy atom. The van der Waals surface area contributed by atoms with Crippen LogP contribution in [0.1, 0.15) is 38.5 Å². The predicted molar refractivity (Wildman–Crippen MR) is 149 cm³/mol. The van der Waals surface area contributed by atoms with Gasteiger partial charge in [-0.1, -0.05) is 5.16 Å². The molecular formula is C22H21N9O7S3. The Hall–Kier alpha value is -4.23. The van der Waals surface area contributed by atoms with Crippen LogP contribution in [0.5, 0.6) is 0 Å². The molecule has 3 atom stereocenters. The zero-order valence-electron chi connectivity index (χ0n) is 21.4. The molecule has 5 heterocycles. The fourth-order valence-corrected chi connectivity index (χ4v) is 7.02. The second-order valence-corrected chi connectivity index (χ2v) is 11.3. The minimum Gasteiger partial charge on any atom is -0.477 e. The Labute approximate surface area is 244 Å². The molecule has 2 amide bonds. The smallest absolute Gasteiger partial charge is 0.375 e. The van der Waals surface area contributed by atoms with E-state index in [0.717, 1.165) is 16.2 Å². The van der Waals surface area contributed by atoms with Gasteiger partial charge in [0.1, 0.15) is 29.9 Å². The lowest BCUT2D eigenvalue weighted by atomic mass is 9.98. The zero-order valence-corrected chi connectivity index (χ0v) is 24.0. The summed E-state index contributed by atoms with van der Waals surface area (Å²) in [6.07, 6.45) is 0. The van der Waals surface area contributed by atoms with Crippen LogP contribution in [-0.4, -0.2) is 93.4 Å². The van der Waals surface area contributed by atoms with Crippen molar-refractivity contribution in [3.63, 3.8) is 0 Å². The number of aromatic nitrogens is 5. The number of carbonyl (C=O) groups is 4. The van der Waals surface area contributed by atoms with E-state index in [2.05, 4.69) is 30.5 Å². The standard InChI is InChI=1S/C22H21N9O7S3/c1-6-7(2)24-22-27-15(20(36)37)28-31(22)12(6)14(39)8-4-40-18-11(17(33)30(18)13(8)19(34)35)26-16(32)10(29-38-3)9-5-41-21(23)25-9/h5,11,14,18,39H,4H2,1-3H3,(H2,23,25)(H,26,32)(H,34,35)(H,36,37)/t11-,14?,18-/m1/s1. The van der Waals surface area contributed by atoms with Gasteiger partial charge >= 0.3 is 11.9 Å². The van der Waals surface area contributed by atoms with Gasteiger partial charge < -0.3 is 26.1 Å². The van der Waals surface area contributed by atoms with Crippen molar-refractivity contribution in [3.05, 3.63) is 45.1 Å². The summed E-state index contributed by atoms with van der Waals surface area (Å²) in [5.41, 5.74) is 7.09. The molecule has 0 radical (unpaired) electrons. The third-order valence-corrected chi connectivity index (χ3v) is 8.97. The number of carboxylic acids is 2. The summed E-state index contributed by atoms with van der Waals surface area (Å²) < 4.78 is 1.22. The SMILES string of the molecule is CON=C(C(=O)N[C@@H]1C(=O)N2C(C(=O)O)=C(C(S)c3c(C)c(C)nc4nc(C(=O)O)nn34)CS[C@H]12)c1csc(N)n1. The highest BCUT2D eigenvalue weighted by molar-refractivity contribution is 8.00. The van der Waals surface area contributed by atoms with Crippen LogP contribution in [0.2, 0.25) is 0 Å². The Morgan fingerprint density at radius 1 is 1.24 bits per heavy atom. The summed E-state index contributed by atoms with van der Waals surface area (Å²) in [4.78, 5) is 68.3. The number of hydrogen-bond donors (Lipinski definition) is 5. The van der Waals surface area contributed by atoms with Gasteiger partial charge in [-0.15, -0.1) is 28.2 Å². The number of carboxylic acid groups (broad SMARTS) is 2. The Kier molecular flexibility index (Phi) is 7.34. The molecule has 1 saturated heterocycles. The highest BCUT2D eigenvalue weighted by Gasteiger charge is 2.55. The van der Waals surface area contributed by atoms with Crippen molar-refractivity contribution in [3.8, 4) is 0 Å². The number of thiol groups is 1. The number of nitrogens with zero attached hydrogens (tertiary/aromatic N) is 7. The minimum absolute atomic E-state index is 0.0107. The second kappa shape index (κ2) is 10.6. The van der Waals surface area contributed by atoms with Crippen LogP contribution in [0, 0.1) is 13.8 Å². The molecule has 2 aliphatic rings. The van der Waals surface area contributed by atoms with E-state index in [9.17, 15) is 29.4 Å². The number of amides is 2. The largest absolute Gasteiger partial charge is 0.477 e. The average Bonchev–Trinajstić information content (AvgIpc) is 3.55. The highest BCUT2D eigenvalue weighted by Crippen LogP contribution is 2.46. The lowest BCUT2D eigenvalue weighted by molar-refractivity contribution is -0.150. The number of thioether (sulfide) groups is 1. The monoisotopic (exact) mass is 619 g/mol. The third-order valence-electron chi connectivity index (χ3n) is 6.44. The van der Waals surface area contributed by atoms with Gasteiger partial charge in [-0.2, -0.15) is 22.1 Å². The van der Waals surface area contributed by atoms with Gasteiger partial charge in [-0.3, -0.25) is 14.5 Å². The van der Waals surface area contributed by atoms with Gasteiger partial charge in [-0.05, 0) is 25.0 Å². The molecule has 1 unspecified atom stereocenters. The second-order valence-electron chi connectivity index (χ2n) is 8.80. The summed E-state index contributed by atoms with van der Waals surface area (Å²) in [7, 11) is 1.25. The molecule has 3 aromatic heterocycles. The number of aliphatic carboxylic acids is 1. The molecule has 0 aromatic carbocycles. The number of aryl methyl sites for hydroxylation is 1. The van der Waals surface area contributed by atoms with Crippen molar-refractivity contribution in [1.29, 1.82) is 0 Å². The van der Waals surface area contributed by atoms with Crippen LogP contribution >= 0.6 is 35.7 Å². The normalized spacial score (nSPS) is 19.6. The summed E-state index contributed by atoms with van der Waals surface area (Å²) in [6.45, 7) is 3.41. The van der Waals surface area contributed by atoms with E-state index in [-0.39, 0.29) is 39.3 Å². The van der Waals surface area contributed by atoms with Crippen molar-refractivity contribution in [2.24, 2.45) is 5.16 Å². The molecule has 0 aliphatic carbocycles. The number of rotatable bonds is 8. The molecule has 0 bridgehead atoms. The maximum atomic E-state index is 13.3. The van der Waals surface area contributed by atoms with Gasteiger partial charge in [0.05, 0.1) is 10.9 Å². The van der Waals surface area contributed by atoms with Crippen LogP contribution in [-0.2, 0) is 19.2 Å². The molecule has 214 valence electrons. The predicted octanol–water partition coefficient (Wildman–Crippen LogP) is 0.238. The fraction of sp³-hybridized carbons (Fsp3) is 0.318. The number of oxime groups is 1. The number of fused-ring (bicyclic) bond motifs is 2. The van der Waals surface area contributed by atoms with Crippen molar-refractivity contribution in [1.82, 2.24) is 34.8 Å². The third kappa shape index (κ3) is 4.74. The quantitative estimate of drug-likeness (QED) is 0.0986. The van der Waals surface area contributed by atoms with Crippen molar-refractivity contribution in [2.75, 3.05) is 18.6 Å². The molecule has 5 rings (SSSR count). The lowest BCUT2D eigenvalue weighted by Gasteiger charge is -2.50. The Morgan fingerprint density at radius 2 is 1.98 bits per heavy atom. The number of aromatic carboxylic acids is 1. The Bertz CT molecular complexity index is 1700. The van der Waals surface area contributed by atoms with Gasteiger partial charge in [0.15, 0.2) is 10.8 Å². The van der Waals surface area contributed by atoms with Gasteiger partial charge in [0, 0.05) is 16.8 Å². The van der Waals surface area contributed by atoms with Crippen molar-refractivity contribution in [2.45, 2.75) is 30.5 Å². The number of anilines is 1. The van der Waals surface area contributed by atoms with E-state index in [1.165, 1.54) is 28.8 Å². The molecule has 1 fully saturated rings. The molecule has 0 spiro atoms. The average molecular weight is 620 g/mol. The summed E-state index contributed by atoms with van der Waals surface area (Å²) >= 11 is 7.04. The van der Waals surface area contributed by atoms with Crippen LogP contribution < -0.4 is 11.1 Å². The van der Waals surface area contributed by atoms with E-state index in [1.54, 1.807) is 13.8 Å². The lowest BCUT2D eigenvalue weighted by Crippen LogP contribution is -2.71. The van der Waals surface area contributed by atoms with Crippen LogP contribution in [0.25, 0.3) is 5.78 Å². The van der Waals surface area contributed by atoms with Crippen LogP contribution in [0.3, 0.4) is 0 Å². The topological polar surface area (TPSA) is 228 Å². The molecule has 19 heteroatoms. The number of thiazole rings is 1. The molecule has 0 saturated carbocycles. The first-order valence-corrected chi connectivity index (χ1v) is 14.1. The van der Waals surface area contributed by atoms with Crippen LogP contribution in [0.15, 0.2) is 21.8 Å². The number of nitrogen functional groups attached to an aromatic ring is 1.